The van der Waals surface area contributed by atoms with Crippen molar-refractivity contribution in [1.82, 2.24) is 9.80 Å². The normalized spacial score (nSPS) is 26.2. The summed E-state index contributed by atoms with van der Waals surface area (Å²) in [4.78, 5) is 20.2. The summed E-state index contributed by atoms with van der Waals surface area (Å²) in [5.74, 6) is 1.04. The Morgan fingerprint density at radius 3 is 2.72 bits per heavy atom. The molecule has 4 rings (SSSR count). The van der Waals surface area contributed by atoms with Gasteiger partial charge in [0.05, 0.1) is 0 Å². The molecule has 1 amide bonds. The molecule has 0 radical (unpaired) electrons. The van der Waals surface area contributed by atoms with E-state index in [2.05, 4.69) is 17.0 Å². The van der Waals surface area contributed by atoms with Crippen molar-refractivity contribution in [2.24, 2.45) is 0 Å². The van der Waals surface area contributed by atoms with Crippen molar-refractivity contribution < 1.29 is 9.53 Å². The zero-order valence-electron chi connectivity index (χ0n) is 15.1. The van der Waals surface area contributed by atoms with E-state index in [0.717, 1.165) is 64.5 Å². The van der Waals surface area contributed by atoms with Crippen LogP contribution in [-0.4, -0.2) is 54.6 Å². The molecule has 0 aromatic carbocycles. The van der Waals surface area contributed by atoms with E-state index in [-0.39, 0.29) is 12.0 Å². The molecular weight excluding hydrogens is 332 g/mol. The van der Waals surface area contributed by atoms with Crippen molar-refractivity contribution in [2.45, 2.75) is 63.5 Å². The van der Waals surface area contributed by atoms with Gasteiger partial charge in [-0.2, -0.15) is 0 Å². The Morgan fingerprint density at radius 1 is 1.04 bits per heavy atom. The molecule has 25 heavy (non-hydrogen) atoms. The lowest BCUT2D eigenvalue weighted by Gasteiger charge is -2.24. The van der Waals surface area contributed by atoms with E-state index in [1.54, 1.807) is 4.88 Å². The standard InChI is InChI=1S/C20H30N2O2S/c23-20(18-7-3-14-24-18)22-11-4-10-21(12-13-22)15-17-8-9-19(25-17)16-5-1-2-6-16/h8-9,16,18H,1-7,10-15H2. The molecule has 3 fully saturated rings. The van der Waals surface area contributed by atoms with E-state index in [1.807, 2.05) is 16.2 Å². The summed E-state index contributed by atoms with van der Waals surface area (Å²) in [7, 11) is 0. The van der Waals surface area contributed by atoms with Crippen LogP contribution in [0, 0.1) is 0 Å². The van der Waals surface area contributed by atoms with Gasteiger partial charge < -0.3 is 9.64 Å². The maximum Gasteiger partial charge on any atom is 0.251 e. The second kappa shape index (κ2) is 8.19. The molecule has 1 aromatic rings. The van der Waals surface area contributed by atoms with Crippen molar-refractivity contribution >= 4 is 17.2 Å². The van der Waals surface area contributed by atoms with Gasteiger partial charge in [0.15, 0.2) is 0 Å². The highest BCUT2D eigenvalue weighted by Gasteiger charge is 2.29. The first kappa shape index (κ1) is 17.5. The Morgan fingerprint density at radius 2 is 1.92 bits per heavy atom. The number of carbonyl (C=O) groups is 1. The molecule has 3 heterocycles. The summed E-state index contributed by atoms with van der Waals surface area (Å²) in [6.07, 6.45) is 8.39. The minimum atomic E-state index is -0.169. The molecule has 2 saturated heterocycles. The van der Waals surface area contributed by atoms with Crippen molar-refractivity contribution in [3.8, 4) is 0 Å². The number of amides is 1. The smallest absolute Gasteiger partial charge is 0.251 e. The Balaban J connectivity index is 1.29. The maximum atomic E-state index is 12.6. The van der Waals surface area contributed by atoms with Gasteiger partial charge in [0.25, 0.3) is 5.91 Å². The number of carbonyl (C=O) groups excluding carboxylic acids is 1. The zero-order chi connectivity index (χ0) is 17.1. The number of rotatable bonds is 4. The summed E-state index contributed by atoms with van der Waals surface area (Å²) in [5.41, 5.74) is 0. The lowest BCUT2D eigenvalue weighted by molar-refractivity contribution is -0.140. The van der Waals surface area contributed by atoms with E-state index in [1.165, 1.54) is 30.6 Å². The predicted molar refractivity (Wildman–Crippen MR) is 101 cm³/mol. The summed E-state index contributed by atoms with van der Waals surface area (Å²) >= 11 is 2.02. The molecule has 1 unspecified atom stereocenters. The first-order valence-electron chi connectivity index (χ1n) is 10.0. The van der Waals surface area contributed by atoms with Crippen LogP contribution in [-0.2, 0) is 16.1 Å². The number of nitrogens with zero attached hydrogens (tertiary/aromatic N) is 2. The molecule has 0 spiro atoms. The van der Waals surface area contributed by atoms with Crippen molar-refractivity contribution in [3.63, 3.8) is 0 Å². The fourth-order valence-electron chi connectivity index (χ4n) is 4.46. The fraction of sp³-hybridized carbons (Fsp3) is 0.750. The highest BCUT2D eigenvalue weighted by atomic mass is 32.1. The highest BCUT2D eigenvalue weighted by Crippen LogP contribution is 2.37. The van der Waals surface area contributed by atoms with E-state index in [0.29, 0.717) is 0 Å². The molecule has 1 aliphatic carbocycles. The van der Waals surface area contributed by atoms with Crippen LogP contribution < -0.4 is 0 Å². The van der Waals surface area contributed by atoms with E-state index in [4.69, 9.17) is 4.74 Å². The Kier molecular flexibility index (Phi) is 5.73. The molecule has 0 N–H and O–H groups in total. The van der Waals surface area contributed by atoms with Crippen LogP contribution in [0.1, 0.15) is 60.6 Å². The second-order valence-corrected chi connectivity index (χ2v) is 8.94. The summed E-state index contributed by atoms with van der Waals surface area (Å²) in [5, 5.41) is 0. The highest BCUT2D eigenvalue weighted by molar-refractivity contribution is 7.12. The van der Waals surface area contributed by atoms with E-state index >= 15 is 0 Å². The molecular formula is C20H30N2O2S. The summed E-state index contributed by atoms with van der Waals surface area (Å²) in [6, 6.07) is 4.69. The first-order chi connectivity index (χ1) is 12.3. The molecule has 4 nitrogen and oxygen atoms in total. The van der Waals surface area contributed by atoms with Gasteiger partial charge in [-0.1, -0.05) is 12.8 Å². The molecule has 3 aliphatic rings. The van der Waals surface area contributed by atoms with Gasteiger partial charge in [-0.3, -0.25) is 9.69 Å². The van der Waals surface area contributed by atoms with Gasteiger partial charge in [0.1, 0.15) is 6.10 Å². The predicted octanol–water partition coefficient (Wildman–Crippen LogP) is 3.62. The van der Waals surface area contributed by atoms with Crippen LogP contribution >= 0.6 is 11.3 Å². The van der Waals surface area contributed by atoms with Crippen LogP contribution in [0.3, 0.4) is 0 Å². The van der Waals surface area contributed by atoms with Crippen molar-refractivity contribution in [2.75, 3.05) is 32.8 Å². The van der Waals surface area contributed by atoms with Gasteiger partial charge in [-0.25, -0.2) is 0 Å². The van der Waals surface area contributed by atoms with Crippen LogP contribution in [0.2, 0.25) is 0 Å². The van der Waals surface area contributed by atoms with Crippen LogP contribution in [0.5, 0.6) is 0 Å². The molecule has 1 aromatic heterocycles. The number of hydrogen-bond acceptors (Lipinski definition) is 4. The molecule has 0 bridgehead atoms. The SMILES string of the molecule is O=C(C1CCCO1)N1CCCN(Cc2ccc(C3CCCC3)s2)CC1. The van der Waals surface area contributed by atoms with E-state index < -0.39 is 0 Å². The second-order valence-electron chi connectivity index (χ2n) is 7.74. The Bertz CT molecular complexity index is 576. The van der Waals surface area contributed by atoms with Gasteiger partial charge in [0, 0.05) is 49.1 Å². The van der Waals surface area contributed by atoms with Crippen LogP contribution in [0.4, 0.5) is 0 Å². The topological polar surface area (TPSA) is 32.8 Å². The minimum absolute atomic E-state index is 0.169. The van der Waals surface area contributed by atoms with Crippen LogP contribution in [0.15, 0.2) is 12.1 Å². The minimum Gasteiger partial charge on any atom is -0.368 e. The third kappa shape index (κ3) is 4.26. The molecule has 1 saturated carbocycles. The van der Waals surface area contributed by atoms with E-state index in [9.17, 15) is 4.79 Å². The van der Waals surface area contributed by atoms with Crippen LogP contribution in [0.25, 0.3) is 0 Å². The fourth-order valence-corrected chi connectivity index (χ4v) is 5.68. The monoisotopic (exact) mass is 362 g/mol. The molecule has 5 heteroatoms. The largest absolute Gasteiger partial charge is 0.368 e. The molecule has 1 atom stereocenters. The number of thiophene rings is 1. The van der Waals surface area contributed by atoms with Crippen molar-refractivity contribution in [3.05, 3.63) is 21.9 Å². The lowest BCUT2D eigenvalue weighted by Crippen LogP contribution is -2.41. The first-order valence-corrected chi connectivity index (χ1v) is 10.8. The van der Waals surface area contributed by atoms with Gasteiger partial charge >= 0.3 is 0 Å². The molecule has 138 valence electrons. The molecule has 2 aliphatic heterocycles. The third-order valence-corrected chi connectivity index (χ3v) is 7.16. The summed E-state index contributed by atoms with van der Waals surface area (Å²) < 4.78 is 5.58. The maximum absolute atomic E-state index is 12.6. The quantitative estimate of drug-likeness (QED) is 0.820. The summed E-state index contributed by atoms with van der Waals surface area (Å²) in [6.45, 7) is 5.59. The number of ether oxygens (including phenoxy) is 1. The van der Waals surface area contributed by atoms with Gasteiger partial charge in [0.2, 0.25) is 0 Å². The average molecular weight is 363 g/mol. The number of hydrogen-bond donors (Lipinski definition) is 0. The van der Waals surface area contributed by atoms with Crippen molar-refractivity contribution in [1.29, 1.82) is 0 Å². The average Bonchev–Trinajstić information content (AvgIpc) is 3.36. The zero-order valence-corrected chi connectivity index (χ0v) is 15.9. The van der Waals surface area contributed by atoms with Gasteiger partial charge in [-0.15, -0.1) is 11.3 Å². The third-order valence-electron chi connectivity index (χ3n) is 5.92. The lowest BCUT2D eigenvalue weighted by atomic mass is 10.1. The van der Waals surface area contributed by atoms with Gasteiger partial charge in [-0.05, 0) is 50.2 Å². The Hall–Kier alpha value is -0.910. The Labute approximate surface area is 155 Å².